The molecular formula is C22H30ClNO2. The third-order valence-corrected chi connectivity index (χ3v) is 5.11. The van der Waals surface area contributed by atoms with Crippen LogP contribution in [0.1, 0.15) is 32.3 Å². The van der Waals surface area contributed by atoms with E-state index in [9.17, 15) is 0 Å². The van der Waals surface area contributed by atoms with E-state index >= 15 is 0 Å². The molecule has 0 amide bonds. The molecule has 1 aliphatic heterocycles. The number of halogens is 1. The van der Waals surface area contributed by atoms with E-state index in [1.54, 1.807) is 12.0 Å². The summed E-state index contributed by atoms with van der Waals surface area (Å²) in [4.78, 5) is 1.68. The molecule has 0 aromatic heterocycles. The molecule has 0 radical (unpaired) electrons. The van der Waals surface area contributed by atoms with Gasteiger partial charge in [-0.3, -0.25) is 0 Å². The number of benzene rings is 2. The van der Waals surface area contributed by atoms with Crippen molar-refractivity contribution in [3.63, 3.8) is 0 Å². The number of quaternary nitrogens is 1. The van der Waals surface area contributed by atoms with Crippen LogP contribution in [0.4, 0.5) is 0 Å². The van der Waals surface area contributed by atoms with Crippen molar-refractivity contribution >= 4 is 0 Å². The fourth-order valence-electron chi connectivity index (χ4n) is 3.94. The van der Waals surface area contributed by atoms with Gasteiger partial charge in [0.1, 0.15) is 24.1 Å². The molecule has 1 aliphatic rings. The molecule has 142 valence electrons. The second kappa shape index (κ2) is 9.84. The van der Waals surface area contributed by atoms with Gasteiger partial charge in [-0.1, -0.05) is 50.2 Å². The van der Waals surface area contributed by atoms with Gasteiger partial charge in [-0.25, -0.2) is 0 Å². The number of methoxy groups -OCH3 is 1. The predicted octanol–water partition coefficient (Wildman–Crippen LogP) is 0.375. The van der Waals surface area contributed by atoms with Crippen molar-refractivity contribution in [3.05, 3.63) is 48.0 Å². The van der Waals surface area contributed by atoms with E-state index in [-0.39, 0.29) is 12.4 Å². The first-order chi connectivity index (χ1) is 12.3. The van der Waals surface area contributed by atoms with Crippen LogP contribution in [0.25, 0.3) is 11.1 Å². The molecule has 1 heterocycles. The molecule has 0 unspecified atom stereocenters. The molecule has 26 heavy (non-hydrogen) atoms. The van der Waals surface area contributed by atoms with Gasteiger partial charge < -0.3 is 26.8 Å². The highest BCUT2D eigenvalue weighted by Gasteiger charge is 2.29. The number of fused-ring (bicyclic) bond motifs is 1. The largest absolute Gasteiger partial charge is 1.00 e. The van der Waals surface area contributed by atoms with E-state index in [4.69, 9.17) is 9.47 Å². The van der Waals surface area contributed by atoms with E-state index in [1.807, 2.05) is 12.1 Å². The van der Waals surface area contributed by atoms with Gasteiger partial charge >= 0.3 is 0 Å². The zero-order valence-electron chi connectivity index (χ0n) is 16.1. The fourth-order valence-corrected chi connectivity index (χ4v) is 3.94. The Balaban J connectivity index is 0.00000243. The molecule has 2 aromatic carbocycles. The van der Waals surface area contributed by atoms with Crippen molar-refractivity contribution in [2.24, 2.45) is 0 Å². The lowest BCUT2D eigenvalue weighted by molar-refractivity contribution is -0.926. The number of hydrogen-bond acceptors (Lipinski definition) is 2. The lowest BCUT2D eigenvalue weighted by Crippen LogP contribution is -3.16. The Morgan fingerprint density at radius 3 is 2.38 bits per heavy atom. The first-order valence-electron chi connectivity index (χ1n) is 9.51. The Bertz CT molecular complexity index is 698. The summed E-state index contributed by atoms with van der Waals surface area (Å²) in [5.41, 5.74) is 3.57. The third-order valence-electron chi connectivity index (χ3n) is 5.11. The van der Waals surface area contributed by atoms with E-state index < -0.39 is 0 Å². The van der Waals surface area contributed by atoms with Gasteiger partial charge in [-0.05, 0) is 18.9 Å². The smallest absolute Gasteiger partial charge is 0.140 e. The van der Waals surface area contributed by atoms with Gasteiger partial charge in [0.15, 0.2) is 0 Å². The summed E-state index contributed by atoms with van der Waals surface area (Å²) < 4.78 is 11.9. The van der Waals surface area contributed by atoms with Crippen molar-refractivity contribution in [1.82, 2.24) is 0 Å². The highest BCUT2D eigenvalue weighted by molar-refractivity contribution is 5.77. The third kappa shape index (κ3) is 4.33. The van der Waals surface area contributed by atoms with Crippen LogP contribution in [0.5, 0.6) is 11.5 Å². The minimum atomic E-state index is 0. The number of hydrogen-bond donors (Lipinski definition) is 1. The summed E-state index contributed by atoms with van der Waals surface area (Å²) in [5, 5.41) is 0. The number of nitrogens with one attached hydrogen (secondary N) is 1. The van der Waals surface area contributed by atoms with Crippen molar-refractivity contribution < 1.29 is 26.8 Å². The highest BCUT2D eigenvalue weighted by Crippen LogP contribution is 2.39. The zero-order valence-corrected chi connectivity index (χ0v) is 16.8. The summed E-state index contributed by atoms with van der Waals surface area (Å²) in [6, 6.07) is 15.2. The van der Waals surface area contributed by atoms with Crippen LogP contribution in [0.3, 0.4) is 0 Å². The molecule has 0 saturated heterocycles. The lowest BCUT2D eigenvalue weighted by atomic mass is 9.94. The Morgan fingerprint density at radius 1 is 1.00 bits per heavy atom. The van der Waals surface area contributed by atoms with Crippen molar-refractivity contribution in [3.8, 4) is 22.6 Å². The van der Waals surface area contributed by atoms with Gasteiger partial charge in [0, 0.05) is 23.1 Å². The van der Waals surface area contributed by atoms with Crippen LogP contribution in [0.15, 0.2) is 42.5 Å². The van der Waals surface area contributed by atoms with Gasteiger partial charge in [0.05, 0.1) is 20.2 Å². The normalized spacial score (nSPS) is 15.8. The molecule has 2 aromatic rings. The van der Waals surface area contributed by atoms with Crippen LogP contribution < -0.4 is 26.8 Å². The van der Waals surface area contributed by atoms with Gasteiger partial charge in [-0.2, -0.15) is 0 Å². The SMILES string of the molecule is CCC[NH+](CCC)[C@@H]1COc2c(cccc2-c2ccccc2OC)C1.[Cl-]. The van der Waals surface area contributed by atoms with E-state index in [2.05, 4.69) is 44.2 Å². The first-order valence-corrected chi connectivity index (χ1v) is 9.51. The summed E-state index contributed by atoms with van der Waals surface area (Å²) in [6.07, 6.45) is 3.54. The fraction of sp³-hybridized carbons (Fsp3) is 0.455. The zero-order chi connectivity index (χ0) is 17.6. The van der Waals surface area contributed by atoms with Crippen LogP contribution in [-0.2, 0) is 6.42 Å². The van der Waals surface area contributed by atoms with Gasteiger partial charge in [-0.15, -0.1) is 0 Å². The Morgan fingerprint density at radius 2 is 1.69 bits per heavy atom. The van der Waals surface area contributed by atoms with Crippen molar-refractivity contribution in [2.45, 2.75) is 39.2 Å². The molecule has 0 aliphatic carbocycles. The molecule has 0 saturated carbocycles. The second-order valence-electron chi connectivity index (χ2n) is 6.86. The number of rotatable bonds is 7. The summed E-state index contributed by atoms with van der Waals surface area (Å²) >= 11 is 0. The molecule has 0 fully saturated rings. The molecule has 0 spiro atoms. The maximum Gasteiger partial charge on any atom is 0.140 e. The predicted molar refractivity (Wildman–Crippen MR) is 103 cm³/mol. The maximum absolute atomic E-state index is 6.32. The average molecular weight is 376 g/mol. The molecule has 1 atom stereocenters. The average Bonchev–Trinajstić information content (AvgIpc) is 2.67. The van der Waals surface area contributed by atoms with Crippen LogP contribution in [0, 0.1) is 0 Å². The first kappa shape index (κ1) is 20.6. The molecule has 3 nitrogen and oxygen atoms in total. The summed E-state index contributed by atoms with van der Waals surface area (Å²) in [6.45, 7) is 7.79. The van der Waals surface area contributed by atoms with Gasteiger partial charge in [0.2, 0.25) is 0 Å². The van der Waals surface area contributed by atoms with Crippen LogP contribution in [-0.4, -0.2) is 32.8 Å². The molecule has 3 rings (SSSR count). The van der Waals surface area contributed by atoms with Crippen LogP contribution >= 0.6 is 0 Å². The molecule has 1 N–H and O–H groups in total. The lowest BCUT2D eigenvalue weighted by Gasteiger charge is -2.33. The minimum Gasteiger partial charge on any atom is -1.00 e. The van der Waals surface area contributed by atoms with E-state index in [1.165, 1.54) is 31.5 Å². The Labute approximate surface area is 163 Å². The highest BCUT2D eigenvalue weighted by atomic mass is 35.5. The quantitative estimate of drug-likeness (QED) is 0.756. The molecule has 0 bridgehead atoms. The number of ether oxygens (including phenoxy) is 2. The Kier molecular flexibility index (Phi) is 7.80. The summed E-state index contributed by atoms with van der Waals surface area (Å²) in [5.74, 6) is 1.93. The standard InChI is InChI=1S/C22H29NO2.ClH/c1-4-13-23(14-5-2)18-15-17-9-8-11-20(22(17)25-16-18)19-10-6-7-12-21(19)24-3;/h6-12,18H,4-5,13-16H2,1-3H3;1H/t18-;/m0./s1. The van der Waals surface area contributed by atoms with Crippen molar-refractivity contribution in [1.29, 1.82) is 0 Å². The maximum atomic E-state index is 6.32. The minimum absolute atomic E-state index is 0. The van der Waals surface area contributed by atoms with E-state index in [0.717, 1.165) is 35.7 Å². The molecular weight excluding hydrogens is 346 g/mol. The number of para-hydroxylation sites is 2. The second-order valence-corrected chi connectivity index (χ2v) is 6.86. The summed E-state index contributed by atoms with van der Waals surface area (Å²) in [7, 11) is 1.72. The van der Waals surface area contributed by atoms with Crippen LogP contribution in [0.2, 0.25) is 0 Å². The van der Waals surface area contributed by atoms with E-state index in [0.29, 0.717) is 6.04 Å². The van der Waals surface area contributed by atoms with Crippen molar-refractivity contribution in [2.75, 3.05) is 26.8 Å². The monoisotopic (exact) mass is 375 g/mol. The van der Waals surface area contributed by atoms with Gasteiger partial charge in [0.25, 0.3) is 0 Å². The Hall–Kier alpha value is -1.71. The topological polar surface area (TPSA) is 22.9 Å². The molecule has 4 heteroatoms.